The molecule has 0 aromatic heterocycles. The summed E-state index contributed by atoms with van der Waals surface area (Å²) in [6.07, 6.45) is 0.382. The lowest BCUT2D eigenvalue weighted by Gasteiger charge is -2.23. The Morgan fingerprint density at radius 3 is 2.43 bits per heavy atom. The van der Waals surface area contributed by atoms with E-state index in [4.69, 9.17) is 0 Å². The van der Waals surface area contributed by atoms with Gasteiger partial charge in [-0.25, -0.2) is 4.39 Å². The first-order valence-corrected chi connectivity index (χ1v) is 7.21. The summed E-state index contributed by atoms with van der Waals surface area (Å²) in [5.41, 5.74) is 2.29. The Morgan fingerprint density at radius 1 is 1.10 bits per heavy atom. The molecular weight excluding hydrogens is 265 g/mol. The third kappa shape index (κ3) is 3.69. The van der Waals surface area contributed by atoms with Crippen molar-refractivity contribution >= 4 is 11.5 Å². The summed E-state index contributed by atoms with van der Waals surface area (Å²) in [5.74, 6) is -0.148. The molecule has 110 valence electrons. The Labute approximate surface area is 125 Å². The molecule has 3 heteroatoms. The van der Waals surface area contributed by atoms with E-state index in [2.05, 4.69) is 0 Å². The van der Waals surface area contributed by atoms with Gasteiger partial charge in [-0.1, -0.05) is 36.4 Å². The summed E-state index contributed by atoms with van der Waals surface area (Å²) >= 11 is 0. The number of hydrogen-bond donors (Lipinski definition) is 0. The molecule has 0 fully saturated rings. The number of carbonyl (C=O) groups is 1. The monoisotopic (exact) mass is 285 g/mol. The predicted octanol–water partition coefficient (Wildman–Crippen LogP) is 4.23. The molecule has 0 aliphatic heterocycles. The summed E-state index contributed by atoms with van der Waals surface area (Å²) < 4.78 is 13.8. The van der Waals surface area contributed by atoms with Crippen molar-refractivity contribution in [3.8, 4) is 0 Å². The molecule has 0 amide bonds. The lowest BCUT2D eigenvalue weighted by molar-refractivity contribution is 0.0984. The van der Waals surface area contributed by atoms with Crippen LogP contribution in [-0.4, -0.2) is 18.9 Å². The first-order valence-electron chi connectivity index (χ1n) is 7.21. The van der Waals surface area contributed by atoms with Gasteiger partial charge in [-0.05, 0) is 31.5 Å². The van der Waals surface area contributed by atoms with E-state index in [0.29, 0.717) is 25.2 Å². The van der Waals surface area contributed by atoms with Gasteiger partial charge in [-0.2, -0.15) is 0 Å². The van der Waals surface area contributed by atoms with Crippen molar-refractivity contribution in [2.45, 2.75) is 20.3 Å². The van der Waals surface area contributed by atoms with E-state index in [1.165, 1.54) is 6.07 Å². The van der Waals surface area contributed by atoms with Gasteiger partial charge in [0.1, 0.15) is 5.82 Å². The maximum Gasteiger partial charge on any atom is 0.164 e. The molecule has 0 atom stereocenters. The molecule has 2 aromatic carbocycles. The van der Waals surface area contributed by atoms with Crippen LogP contribution >= 0.6 is 0 Å². The van der Waals surface area contributed by atoms with Gasteiger partial charge in [0.2, 0.25) is 0 Å². The summed E-state index contributed by atoms with van der Waals surface area (Å²) in [7, 11) is 0. The number of benzene rings is 2. The normalized spacial score (nSPS) is 10.4. The first-order chi connectivity index (χ1) is 10.1. The van der Waals surface area contributed by atoms with E-state index >= 15 is 0 Å². The number of anilines is 1. The second-order valence-electron chi connectivity index (χ2n) is 5.02. The molecule has 2 aromatic rings. The summed E-state index contributed by atoms with van der Waals surface area (Å²) in [6, 6.07) is 14.2. The van der Waals surface area contributed by atoms with E-state index in [9.17, 15) is 9.18 Å². The van der Waals surface area contributed by atoms with Crippen LogP contribution in [0.15, 0.2) is 48.5 Å². The van der Waals surface area contributed by atoms with Gasteiger partial charge >= 0.3 is 0 Å². The molecule has 0 aliphatic rings. The molecule has 0 saturated carbocycles. The second kappa shape index (κ2) is 7.02. The molecule has 0 bridgehead atoms. The lowest BCUT2D eigenvalue weighted by atomic mass is 10.0. The highest BCUT2D eigenvalue weighted by Crippen LogP contribution is 2.19. The van der Waals surface area contributed by atoms with Crippen LogP contribution in [-0.2, 0) is 0 Å². The lowest BCUT2D eigenvalue weighted by Crippen LogP contribution is -2.26. The molecular formula is C18H20FNO. The molecule has 0 spiro atoms. The topological polar surface area (TPSA) is 20.3 Å². The SMILES string of the molecule is CCN(CCC(=O)c1ccccc1C)c1ccccc1F. The minimum atomic E-state index is -0.248. The number of ketones is 1. The van der Waals surface area contributed by atoms with Crippen molar-refractivity contribution in [1.82, 2.24) is 0 Å². The highest BCUT2D eigenvalue weighted by Gasteiger charge is 2.13. The Hall–Kier alpha value is -2.16. The quantitative estimate of drug-likeness (QED) is 0.740. The third-order valence-corrected chi connectivity index (χ3v) is 3.63. The number of nitrogens with zero attached hydrogens (tertiary/aromatic N) is 1. The number of halogens is 1. The van der Waals surface area contributed by atoms with E-state index in [-0.39, 0.29) is 11.6 Å². The first kappa shape index (κ1) is 15.2. The number of Topliss-reactive ketones (excluding diaryl/α,β-unsaturated/α-hetero) is 1. The number of hydrogen-bond acceptors (Lipinski definition) is 2. The molecule has 0 saturated heterocycles. The van der Waals surface area contributed by atoms with E-state index in [0.717, 1.165) is 11.1 Å². The average Bonchev–Trinajstić information content (AvgIpc) is 2.49. The van der Waals surface area contributed by atoms with Crippen LogP contribution in [0.2, 0.25) is 0 Å². The van der Waals surface area contributed by atoms with E-state index < -0.39 is 0 Å². The van der Waals surface area contributed by atoms with Crippen LogP contribution in [0.25, 0.3) is 0 Å². The van der Waals surface area contributed by atoms with Gasteiger partial charge in [0.15, 0.2) is 5.78 Å². The van der Waals surface area contributed by atoms with Crippen molar-refractivity contribution in [1.29, 1.82) is 0 Å². The fourth-order valence-corrected chi connectivity index (χ4v) is 2.41. The minimum absolute atomic E-state index is 0.0999. The zero-order valence-electron chi connectivity index (χ0n) is 12.5. The van der Waals surface area contributed by atoms with Gasteiger partial charge < -0.3 is 4.90 Å². The molecule has 0 unspecified atom stereocenters. The van der Waals surface area contributed by atoms with Gasteiger partial charge in [0, 0.05) is 25.1 Å². The van der Waals surface area contributed by atoms with Gasteiger partial charge in [0.05, 0.1) is 5.69 Å². The number of para-hydroxylation sites is 1. The summed E-state index contributed by atoms with van der Waals surface area (Å²) in [4.78, 5) is 14.2. The molecule has 0 N–H and O–H groups in total. The van der Waals surface area contributed by atoms with Crippen LogP contribution in [0.4, 0.5) is 10.1 Å². The van der Waals surface area contributed by atoms with Crippen LogP contribution < -0.4 is 4.90 Å². The Bertz CT molecular complexity index is 624. The standard InChI is InChI=1S/C18H20FNO/c1-3-20(17-11-7-6-10-16(17)19)13-12-18(21)15-9-5-4-8-14(15)2/h4-11H,3,12-13H2,1-2H3. The smallest absolute Gasteiger partial charge is 0.164 e. The van der Waals surface area contributed by atoms with E-state index in [1.54, 1.807) is 12.1 Å². The molecule has 2 rings (SSSR count). The molecule has 0 radical (unpaired) electrons. The number of aryl methyl sites for hydroxylation is 1. The van der Waals surface area contributed by atoms with Crippen molar-refractivity contribution in [2.75, 3.05) is 18.0 Å². The van der Waals surface area contributed by atoms with Crippen LogP contribution in [0.5, 0.6) is 0 Å². The van der Waals surface area contributed by atoms with Crippen molar-refractivity contribution in [3.63, 3.8) is 0 Å². The van der Waals surface area contributed by atoms with Crippen LogP contribution in [0.3, 0.4) is 0 Å². The molecule has 2 nitrogen and oxygen atoms in total. The average molecular weight is 285 g/mol. The fraction of sp³-hybridized carbons (Fsp3) is 0.278. The van der Waals surface area contributed by atoms with Crippen molar-refractivity contribution in [3.05, 3.63) is 65.5 Å². The molecule has 0 heterocycles. The van der Waals surface area contributed by atoms with Crippen molar-refractivity contribution in [2.24, 2.45) is 0 Å². The molecule has 21 heavy (non-hydrogen) atoms. The molecule has 0 aliphatic carbocycles. The Balaban J connectivity index is 2.06. The predicted molar refractivity (Wildman–Crippen MR) is 84.4 cm³/mol. The highest BCUT2D eigenvalue weighted by atomic mass is 19.1. The Morgan fingerprint density at radius 2 is 1.76 bits per heavy atom. The maximum atomic E-state index is 13.8. The van der Waals surface area contributed by atoms with Gasteiger partial charge in [0.25, 0.3) is 0 Å². The zero-order valence-corrected chi connectivity index (χ0v) is 12.5. The summed E-state index contributed by atoms with van der Waals surface area (Å²) in [5, 5.41) is 0. The second-order valence-corrected chi connectivity index (χ2v) is 5.02. The van der Waals surface area contributed by atoms with Gasteiger partial charge in [-0.3, -0.25) is 4.79 Å². The maximum absolute atomic E-state index is 13.8. The number of carbonyl (C=O) groups excluding carboxylic acids is 1. The van der Waals surface area contributed by atoms with Crippen LogP contribution in [0.1, 0.15) is 29.3 Å². The summed E-state index contributed by atoms with van der Waals surface area (Å²) in [6.45, 7) is 5.08. The van der Waals surface area contributed by atoms with Crippen LogP contribution in [0, 0.1) is 12.7 Å². The minimum Gasteiger partial charge on any atom is -0.369 e. The zero-order chi connectivity index (χ0) is 15.2. The largest absolute Gasteiger partial charge is 0.369 e. The van der Waals surface area contributed by atoms with Crippen molar-refractivity contribution < 1.29 is 9.18 Å². The highest BCUT2D eigenvalue weighted by molar-refractivity contribution is 5.97. The number of rotatable bonds is 6. The fourth-order valence-electron chi connectivity index (χ4n) is 2.41. The Kier molecular flexibility index (Phi) is 5.09. The third-order valence-electron chi connectivity index (χ3n) is 3.63. The van der Waals surface area contributed by atoms with E-state index in [1.807, 2.05) is 49.1 Å². The van der Waals surface area contributed by atoms with Gasteiger partial charge in [-0.15, -0.1) is 0 Å².